The Labute approximate surface area is 142 Å². The Hall–Kier alpha value is -1.19. The highest BCUT2D eigenvalue weighted by atomic mass is 35.5. The van der Waals surface area contributed by atoms with Gasteiger partial charge in [0.25, 0.3) is 5.91 Å². The summed E-state index contributed by atoms with van der Waals surface area (Å²) in [7, 11) is -3.62. The minimum Gasteiger partial charge on any atom is -0.379 e. The van der Waals surface area contributed by atoms with Crippen molar-refractivity contribution in [2.75, 3.05) is 39.4 Å². The summed E-state index contributed by atoms with van der Waals surface area (Å²) in [6, 6.07) is 4.68. The van der Waals surface area contributed by atoms with Gasteiger partial charge in [-0.1, -0.05) is 6.07 Å². The largest absolute Gasteiger partial charge is 0.379 e. The van der Waals surface area contributed by atoms with Crippen LogP contribution >= 0.6 is 12.4 Å². The number of halogens is 1. The second kappa shape index (κ2) is 8.60. The van der Waals surface area contributed by atoms with Crippen LogP contribution in [0, 0.1) is 6.92 Å². The molecule has 9 heteroatoms. The van der Waals surface area contributed by atoms with Crippen molar-refractivity contribution in [2.24, 2.45) is 5.73 Å². The standard InChI is InChI=1S/C14H21N3O4S.ClH/c1-11-2-3-12(14(18)16-5-4-15)10-13(11)22(19,20)17-6-8-21-9-7-17;/h2-3,10H,4-9,15H2,1H3,(H,16,18);1H. The van der Waals surface area contributed by atoms with Crippen molar-refractivity contribution in [3.8, 4) is 0 Å². The molecule has 1 fully saturated rings. The summed E-state index contributed by atoms with van der Waals surface area (Å²) in [5.41, 5.74) is 6.27. The Balaban J connectivity index is 0.00000264. The van der Waals surface area contributed by atoms with E-state index in [-0.39, 0.29) is 23.2 Å². The summed E-state index contributed by atoms with van der Waals surface area (Å²) in [4.78, 5) is 12.1. The highest BCUT2D eigenvalue weighted by Crippen LogP contribution is 2.22. The fraction of sp³-hybridized carbons (Fsp3) is 0.500. The number of hydrogen-bond donors (Lipinski definition) is 2. The Morgan fingerprint density at radius 3 is 2.61 bits per heavy atom. The zero-order chi connectivity index (χ0) is 16.2. The Morgan fingerprint density at radius 1 is 1.35 bits per heavy atom. The molecule has 0 atom stereocenters. The summed E-state index contributed by atoms with van der Waals surface area (Å²) in [6.45, 7) is 3.81. The number of hydrogen-bond acceptors (Lipinski definition) is 5. The molecule has 0 saturated carbocycles. The number of aryl methyl sites for hydroxylation is 1. The molecule has 2 rings (SSSR count). The minimum absolute atomic E-state index is 0. The molecule has 1 aromatic carbocycles. The van der Waals surface area contributed by atoms with Crippen LogP contribution in [0.3, 0.4) is 0 Å². The lowest BCUT2D eigenvalue weighted by Crippen LogP contribution is -2.41. The number of benzene rings is 1. The average Bonchev–Trinajstić information content (AvgIpc) is 2.53. The molecule has 3 N–H and O–H groups in total. The second-order valence-corrected chi connectivity index (χ2v) is 6.95. The number of carbonyl (C=O) groups excluding carboxylic acids is 1. The number of nitrogens with one attached hydrogen (secondary N) is 1. The van der Waals surface area contributed by atoms with Crippen molar-refractivity contribution in [3.05, 3.63) is 29.3 Å². The van der Waals surface area contributed by atoms with Gasteiger partial charge in [-0.2, -0.15) is 4.31 Å². The molecule has 7 nitrogen and oxygen atoms in total. The van der Waals surface area contributed by atoms with E-state index in [4.69, 9.17) is 10.5 Å². The Bertz CT molecular complexity index is 645. The highest BCUT2D eigenvalue weighted by molar-refractivity contribution is 7.89. The number of amides is 1. The van der Waals surface area contributed by atoms with Crippen molar-refractivity contribution in [1.29, 1.82) is 0 Å². The lowest BCUT2D eigenvalue weighted by molar-refractivity contribution is 0.0730. The maximum Gasteiger partial charge on any atom is 0.251 e. The van der Waals surface area contributed by atoms with Crippen molar-refractivity contribution < 1.29 is 17.9 Å². The van der Waals surface area contributed by atoms with Gasteiger partial charge in [0.05, 0.1) is 18.1 Å². The molecule has 0 spiro atoms. The van der Waals surface area contributed by atoms with Crippen LogP contribution in [0.1, 0.15) is 15.9 Å². The molecular formula is C14H22ClN3O4S. The third-order valence-electron chi connectivity index (χ3n) is 3.47. The molecule has 1 aromatic rings. The predicted octanol–water partition coefficient (Wildman–Crippen LogP) is 0.126. The number of morpholine rings is 1. The van der Waals surface area contributed by atoms with E-state index in [9.17, 15) is 13.2 Å². The van der Waals surface area contributed by atoms with Gasteiger partial charge < -0.3 is 15.8 Å². The SMILES string of the molecule is Cc1ccc(C(=O)NCCN)cc1S(=O)(=O)N1CCOCC1.Cl. The van der Waals surface area contributed by atoms with E-state index >= 15 is 0 Å². The van der Waals surface area contributed by atoms with Crippen LogP contribution in [0.25, 0.3) is 0 Å². The van der Waals surface area contributed by atoms with Crippen LogP contribution in [0.5, 0.6) is 0 Å². The normalized spacial score (nSPS) is 15.7. The van der Waals surface area contributed by atoms with Gasteiger partial charge >= 0.3 is 0 Å². The molecule has 1 heterocycles. The zero-order valence-corrected chi connectivity index (χ0v) is 14.6. The highest BCUT2D eigenvalue weighted by Gasteiger charge is 2.28. The summed E-state index contributed by atoms with van der Waals surface area (Å²) >= 11 is 0. The monoisotopic (exact) mass is 363 g/mol. The average molecular weight is 364 g/mol. The summed E-state index contributed by atoms with van der Waals surface area (Å²) in [5, 5.41) is 2.63. The van der Waals surface area contributed by atoms with Crippen LogP contribution < -0.4 is 11.1 Å². The van der Waals surface area contributed by atoms with Gasteiger partial charge in [0.2, 0.25) is 10.0 Å². The third kappa shape index (κ3) is 4.65. The molecule has 0 bridgehead atoms. The molecule has 1 aliphatic rings. The fourth-order valence-electron chi connectivity index (χ4n) is 2.23. The van der Waals surface area contributed by atoms with Crippen molar-refractivity contribution in [2.45, 2.75) is 11.8 Å². The smallest absolute Gasteiger partial charge is 0.251 e. The molecule has 1 aliphatic heterocycles. The summed E-state index contributed by atoms with van der Waals surface area (Å²) in [6.07, 6.45) is 0. The number of nitrogens with two attached hydrogens (primary N) is 1. The maximum atomic E-state index is 12.7. The van der Waals surface area contributed by atoms with E-state index in [0.717, 1.165) is 0 Å². The molecule has 0 unspecified atom stereocenters. The lowest BCUT2D eigenvalue weighted by atomic mass is 10.1. The van der Waals surface area contributed by atoms with Crippen molar-refractivity contribution in [3.63, 3.8) is 0 Å². The first-order valence-electron chi connectivity index (χ1n) is 7.13. The van der Waals surface area contributed by atoms with Crippen LogP contribution in [0.2, 0.25) is 0 Å². The van der Waals surface area contributed by atoms with E-state index in [1.807, 2.05) is 0 Å². The maximum absolute atomic E-state index is 12.7. The second-order valence-electron chi connectivity index (χ2n) is 5.04. The molecule has 0 radical (unpaired) electrons. The molecule has 0 aromatic heterocycles. The Morgan fingerprint density at radius 2 is 2.00 bits per heavy atom. The molecule has 0 aliphatic carbocycles. The van der Waals surface area contributed by atoms with E-state index < -0.39 is 10.0 Å². The van der Waals surface area contributed by atoms with E-state index in [0.29, 0.717) is 50.5 Å². The first-order chi connectivity index (χ1) is 10.5. The number of rotatable bonds is 5. The zero-order valence-electron chi connectivity index (χ0n) is 12.9. The first kappa shape index (κ1) is 19.9. The van der Waals surface area contributed by atoms with E-state index in [1.54, 1.807) is 19.1 Å². The topological polar surface area (TPSA) is 102 Å². The van der Waals surface area contributed by atoms with Crippen LogP contribution in [0.4, 0.5) is 0 Å². The van der Waals surface area contributed by atoms with Gasteiger partial charge in [0.15, 0.2) is 0 Å². The number of sulfonamides is 1. The van der Waals surface area contributed by atoms with Gasteiger partial charge in [0.1, 0.15) is 0 Å². The molecule has 23 heavy (non-hydrogen) atoms. The Kier molecular flexibility index (Phi) is 7.43. The summed E-state index contributed by atoms with van der Waals surface area (Å²) in [5.74, 6) is -0.330. The number of carbonyl (C=O) groups is 1. The van der Waals surface area contributed by atoms with E-state index in [1.165, 1.54) is 10.4 Å². The summed E-state index contributed by atoms with van der Waals surface area (Å²) < 4.78 is 32.0. The minimum atomic E-state index is -3.62. The van der Waals surface area contributed by atoms with Crippen LogP contribution in [0.15, 0.2) is 23.1 Å². The lowest BCUT2D eigenvalue weighted by Gasteiger charge is -2.26. The molecular weight excluding hydrogens is 342 g/mol. The molecule has 1 amide bonds. The van der Waals surface area contributed by atoms with Crippen molar-refractivity contribution >= 4 is 28.3 Å². The van der Waals surface area contributed by atoms with Gasteiger partial charge in [-0.25, -0.2) is 8.42 Å². The van der Waals surface area contributed by atoms with Gasteiger partial charge in [0, 0.05) is 31.7 Å². The van der Waals surface area contributed by atoms with Gasteiger partial charge in [-0.05, 0) is 24.6 Å². The first-order valence-corrected chi connectivity index (χ1v) is 8.57. The predicted molar refractivity (Wildman–Crippen MR) is 89.4 cm³/mol. The number of nitrogens with zero attached hydrogens (tertiary/aromatic N) is 1. The van der Waals surface area contributed by atoms with Crippen LogP contribution in [-0.2, 0) is 14.8 Å². The van der Waals surface area contributed by atoms with Gasteiger partial charge in [-0.15, -0.1) is 12.4 Å². The van der Waals surface area contributed by atoms with Crippen molar-refractivity contribution in [1.82, 2.24) is 9.62 Å². The molecule has 1 saturated heterocycles. The molecule has 130 valence electrons. The van der Waals surface area contributed by atoms with Crippen LogP contribution in [-0.4, -0.2) is 58.0 Å². The quantitative estimate of drug-likeness (QED) is 0.774. The van der Waals surface area contributed by atoms with Gasteiger partial charge in [-0.3, -0.25) is 4.79 Å². The fourth-order valence-corrected chi connectivity index (χ4v) is 3.89. The number of ether oxygens (including phenoxy) is 1. The third-order valence-corrected chi connectivity index (χ3v) is 5.51. The van der Waals surface area contributed by atoms with E-state index in [2.05, 4.69) is 5.32 Å².